The standard InChI is InChI=1S/C15H9NO3/c1-18-15(17)13-9(8-16)6-7-11-10-4-2-3-5-12(10)19-14(11)13/h2-7H,1H3. The molecule has 4 nitrogen and oxygen atoms in total. The van der Waals surface area contributed by atoms with Crippen molar-refractivity contribution < 1.29 is 13.9 Å². The molecule has 1 aromatic heterocycles. The first-order valence-electron chi connectivity index (χ1n) is 5.69. The molecule has 0 aliphatic heterocycles. The van der Waals surface area contributed by atoms with Crippen LogP contribution < -0.4 is 0 Å². The minimum absolute atomic E-state index is 0.179. The predicted octanol–water partition coefficient (Wildman–Crippen LogP) is 3.24. The first-order chi connectivity index (χ1) is 9.26. The Bertz CT molecular complexity index is 840. The van der Waals surface area contributed by atoms with Crippen molar-refractivity contribution in [2.45, 2.75) is 0 Å². The molecular weight excluding hydrogens is 242 g/mol. The lowest BCUT2D eigenvalue weighted by molar-refractivity contribution is 0.0601. The molecule has 0 bridgehead atoms. The highest BCUT2D eigenvalue weighted by Crippen LogP contribution is 2.32. The third kappa shape index (κ3) is 1.56. The molecule has 4 heteroatoms. The smallest absolute Gasteiger partial charge is 0.343 e. The Morgan fingerprint density at radius 2 is 2.00 bits per heavy atom. The number of nitriles is 1. The third-order valence-corrected chi connectivity index (χ3v) is 3.06. The lowest BCUT2D eigenvalue weighted by Gasteiger charge is -2.02. The Labute approximate surface area is 108 Å². The van der Waals surface area contributed by atoms with Crippen LogP contribution in [-0.4, -0.2) is 13.1 Å². The van der Waals surface area contributed by atoms with Crippen LogP contribution in [0.25, 0.3) is 21.9 Å². The summed E-state index contributed by atoms with van der Waals surface area (Å²) in [6.45, 7) is 0. The molecule has 0 amide bonds. The second-order valence-electron chi connectivity index (χ2n) is 4.07. The van der Waals surface area contributed by atoms with Crippen LogP contribution in [-0.2, 0) is 4.74 Å². The van der Waals surface area contributed by atoms with Crippen molar-refractivity contribution in [2.75, 3.05) is 7.11 Å². The summed E-state index contributed by atoms with van der Waals surface area (Å²) in [5, 5.41) is 10.8. The largest absolute Gasteiger partial charge is 0.465 e. The molecule has 1 heterocycles. The van der Waals surface area contributed by atoms with Gasteiger partial charge in [-0.2, -0.15) is 5.26 Å². The second-order valence-corrected chi connectivity index (χ2v) is 4.07. The van der Waals surface area contributed by atoms with Gasteiger partial charge in [0, 0.05) is 10.8 Å². The van der Waals surface area contributed by atoms with Crippen LogP contribution >= 0.6 is 0 Å². The number of methoxy groups -OCH3 is 1. The zero-order valence-electron chi connectivity index (χ0n) is 10.1. The monoisotopic (exact) mass is 251 g/mol. The first-order valence-corrected chi connectivity index (χ1v) is 5.69. The van der Waals surface area contributed by atoms with Gasteiger partial charge < -0.3 is 9.15 Å². The zero-order chi connectivity index (χ0) is 13.4. The predicted molar refractivity (Wildman–Crippen MR) is 69.8 cm³/mol. The summed E-state index contributed by atoms with van der Waals surface area (Å²) in [6.07, 6.45) is 0. The summed E-state index contributed by atoms with van der Waals surface area (Å²) in [7, 11) is 1.28. The normalized spacial score (nSPS) is 10.5. The number of benzene rings is 2. The average molecular weight is 251 g/mol. The van der Waals surface area contributed by atoms with E-state index in [0.29, 0.717) is 11.2 Å². The molecule has 92 valence electrons. The van der Waals surface area contributed by atoms with E-state index >= 15 is 0 Å². The number of hydrogen-bond acceptors (Lipinski definition) is 4. The topological polar surface area (TPSA) is 63.2 Å². The molecule has 0 atom stereocenters. The van der Waals surface area contributed by atoms with E-state index in [1.165, 1.54) is 7.11 Å². The van der Waals surface area contributed by atoms with Gasteiger partial charge in [0.2, 0.25) is 0 Å². The van der Waals surface area contributed by atoms with E-state index in [1.54, 1.807) is 12.1 Å². The van der Waals surface area contributed by atoms with E-state index in [-0.39, 0.29) is 11.1 Å². The highest BCUT2D eigenvalue weighted by atomic mass is 16.5. The van der Waals surface area contributed by atoms with E-state index in [4.69, 9.17) is 14.4 Å². The van der Waals surface area contributed by atoms with Gasteiger partial charge in [0.25, 0.3) is 0 Å². The number of esters is 1. The molecule has 3 rings (SSSR count). The van der Waals surface area contributed by atoms with Crippen LogP contribution in [0.3, 0.4) is 0 Å². The van der Waals surface area contributed by atoms with E-state index in [1.807, 2.05) is 30.3 Å². The van der Waals surface area contributed by atoms with Crippen LogP contribution in [0.4, 0.5) is 0 Å². The summed E-state index contributed by atoms with van der Waals surface area (Å²) >= 11 is 0. The SMILES string of the molecule is COC(=O)c1c(C#N)ccc2c1oc1ccccc12. The van der Waals surface area contributed by atoms with Crippen molar-refractivity contribution in [3.63, 3.8) is 0 Å². The van der Waals surface area contributed by atoms with Crippen LogP contribution in [0.5, 0.6) is 0 Å². The van der Waals surface area contributed by atoms with E-state index in [0.717, 1.165) is 10.8 Å². The molecule has 0 unspecified atom stereocenters. The molecule has 0 aliphatic rings. The van der Waals surface area contributed by atoms with Gasteiger partial charge in [0.15, 0.2) is 5.58 Å². The lowest BCUT2D eigenvalue weighted by Crippen LogP contribution is -2.04. The Balaban J connectivity index is 2.50. The van der Waals surface area contributed by atoms with Gasteiger partial charge in [-0.3, -0.25) is 0 Å². The molecule has 0 fully saturated rings. The summed E-state index contributed by atoms with van der Waals surface area (Å²) in [6, 6.07) is 12.9. The van der Waals surface area contributed by atoms with Crippen molar-refractivity contribution in [3.05, 3.63) is 47.5 Å². The van der Waals surface area contributed by atoms with Crippen molar-refractivity contribution in [3.8, 4) is 6.07 Å². The van der Waals surface area contributed by atoms with Crippen LogP contribution in [0.1, 0.15) is 15.9 Å². The summed E-state index contributed by atoms with van der Waals surface area (Å²) in [5.74, 6) is -0.568. The summed E-state index contributed by atoms with van der Waals surface area (Å²) in [5.41, 5.74) is 1.50. The first kappa shape index (κ1) is 11.3. The summed E-state index contributed by atoms with van der Waals surface area (Å²) in [4.78, 5) is 11.9. The van der Waals surface area contributed by atoms with Crippen molar-refractivity contribution >= 4 is 27.9 Å². The van der Waals surface area contributed by atoms with Crippen molar-refractivity contribution in [1.82, 2.24) is 0 Å². The number of furan rings is 1. The maximum absolute atomic E-state index is 11.9. The number of ether oxygens (including phenoxy) is 1. The van der Waals surface area contributed by atoms with E-state index in [2.05, 4.69) is 0 Å². The lowest BCUT2D eigenvalue weighted by atomic mass is 10.0. The fourth-order valence-corrected chi connectivity index (χ4v) is 2.19. The Hall–Kier alpha value is -2.80. The zero-order valence-corrected chi connectivity index (χ0v) is 10.1. The number of para-hydroxylation sites is 1. The maximum atomic E-state index is 11.9. The van der Waals surface area contributed by atoms with Crippen LogP contribution in [0.15, 0.2) is 40.8 Å². The molecule has 0 aliphatic carbocycles. The fourth-order valence-electron chi connectivity index (χ4n) is 2.19. The second kappa shape index (κ2) is 4.14. The van der Waals surface area contributed by atoms with Gasteiger partial charge in [0.1, 0.15) is 17.2 Å². The minimum Gasteiger partial charge on any atom is -0.465 e. The van der Waals surface area contributed by atoms with Gasteiger partial charge in [0.05, 0.1) is 12.7 Å². The molecular formula is C15H9NO3. The maximum Gasteiger partial charge on any atom is 0.343 e. The molecule has 2 aromatic carbocycles. The molecule has 0 spiro atoms. The van der Waals surface area contributed by atoms with Crippen molar-refractivity contribution in [1.29, 1.82) is 5.26 Å². The van der Waals surface area contributed by atoms with Gasteiger partial charge in [-0.15, -0.1) is 0 Å². The fraction of sp³-hybridized carbons (Fsp3) is 0.0667. The number of rotatable bonds is 1. The van der Waals surface area contributed by atoms with E-state index < -0.39 is 5.97 Å². The molecule has 3 aromatic rings. The molecule has 0 N–H and O–H groups in total. The highest BCUT2D eigenvalue weighted by Gasteiger charge is 2.20. The number of hydrogen-bond donors (Lipinski definition) is 0. The van der Waals surface area contributed by atoms with Gasteiger partial charge in [-0.05, 0) is 18.2 Å². The number of carbonyl (C=O) groups excluding carboxylic acids is 1. The van der Waals surface area contributed by atoms with Gasteiger partial charge in [-0.25, -0.2) is 4.79 Å². The molecule has 0 radical (unpaired) electrons. The quantitative estimate of drug-likeness (QED) is 0.623. The number of carbonyl (C=O) groups is 1. The highest BCUT2D eigenvalue weighted by molar-refractivity contribution is 6.13. The van der Waals surface area contributed by atoms with Crippen LogP contribution in [0, 0.1) is 11.3 Å². The third-order valence-electron chi connectivity index (χ3n) is 3.06. The van der Waals surface area contributed by atoms with E-state index in [9.17, 15) is 4.79 Å². The summed E-state index contributed by atoms with van der Waals surface area (Å²) < 4.78 is 10.4. The van der Waals surface area contributed by atoms with Crippen molar-refractivity contribution in [2.24, 2.45) is 0 Å². The Morgan fingerprint density at radius 1 is 1.21 bits per heavy atom. The minimum atomic E-state index is -0.568. The molecule has 0 saturated carbocycles. The number of nitrogens with zero attached hydrogens (tertiary/aromatic N) is 1. The van der Waals surface area contributed by atoms with Gasteiger partial charge in [-0.1, -0.05) is 18.2 Å². The van der Waals surface area contributed by atoms with Crippen LogP contribution in [0.2, 0.25) is 0 Å². The van der Waals surface area contributed by atoms with Gasteiger partial charge >= 0.3 is 5.97 Å². The molecule has 19 heavy (non-hydrogen) atoms. The molecule has 0 saturated heterocycles. The Morgan fingerprint density at radius 3 is 2.74 bits per heavy atom. The Kier molecular flexibility index (Phi) is 2.46. The average Bonchev–Trinajstić information content (AvgIpc) is 2.83. The number of fused-ring (bicyclic) bond motifs is 3.